The molecule has 0 aromatic heterocycles. The molecule has 0 radical (unpaired) electrons. The molecule has 0 aliphatic heterocycles. The van der Waals surface area contributed by atoms with Crippen LogP contribution >= 0.6 is 0 Å². The highest BCUT2D eigenvalue weighted by Gasteiger charge is 2.24. The van der Waals surface area contributed by atoms with E-state index in [0.29, 0.717) is 18.3 Å². The molecule has 1 aliphatic rings. The van der Waals surface area contributed by atoms with Crippen molar-refractivity contribution in [1.82, 2.24) is 0 Å². The Bertz CT molecular complexity index is 446. The van der Waals surface area contributed by atoms with E-state index in [1.54, 1.807) is 0 Å². The van der Waals surface area contributed by atoms with E-state index in [4.69, 9.17) is 5.11 Å². The van der Waals surface area contributed by atoms with Gasteiger partial charge in [-0.1, -0.05) is 38.3 Å². The van der Waals surface area contributed by atoms with Crippen LogP contribution in [0, 0.1) is 29.6 Å². The Balaban J connectivity index is 2.20. The van der Waals surface area contributed by atoms with Crippen molar-refractivity contribution in [2.75, 3.05) is 0 Å². The molecule has 24 heavy (non-hydrogen) atoms. The van der Waals surface area contributed by atoms with Gasteiger partial charge in [0.15, 0.2) is 6.17 Å². The maximum absolute atomic E-state index is 13.0. The minimum absolute atomic E-state index is 0.155. The lowest BCUT2D eigenvalue weighted by Gasteiger charge is -2.16. The lowest BCUT2D eigenvalue weighted by atomic mass is 9.89. The third-order valence-corrected chi connectivity index (χ3v) is 5.07. The van der Waals surface area contributed by atoms with Crippen molar-refractivity contribution in [3.05, 3.63) is 12.2 Å². The van der Waals surface area contributed by atoms with Gasteiger partial charge >= 0.3 is 5.97 Å². The van der Waals surface area contributed by atoms with Gasteiger partial charge in [0.25, 0.3) is 0 Å². The van der Waals surface area contributed by atoms with Crippen molar-refractivity contribution < 1.29 is 14.3 Å². The van der Waals surface area contributed by atoms with E-state index in [9.17, 15) is 9.18 Å². The maximum Gasteiger partial charge on any atom is 0.338 e. The van der Waals surface area contributed by atoms with E-state index < -0.39 is 12.1 Å². The topological polar surface area (TPSA) is 37.3 Å². The largest absolute Gasteiger partial charge is 0.479 e. The maximum atomic E-state index is 13.0. The highest BCUT2D eigenvalue weighted by Crippen LogP contribution is 2.36. The summed E-state index contributed by atoms with van der Waals surface area (Å²) in [5.74, 6) is 6.85. The fourth-order valence-electron chi connectivity index (χ4n) is 3.55. The molecule has 1 aliphatic carbocycles. The van der Waals surface area contributed by atoms with Gasteiger partial charge in [-0.2, -0.15) is 0 Å². The van der Waals surface area contributed by atoms with Crippen LogP contribution in [0.15, 0.2) is 12.2 Å². The smallest absolute Gasteiger partial charge is 0.338 e. The molecule has 0 aromatic carbocycles. The van der Waals surface area contributed by atoms with Gasteiger partial charge in [-0.25, -0.2) is 9.18 Å². The van der Waals surface area contributed by atoms with Gasteiger partial charge in [-0.05, 0) is 63.2 Å². The molecule has 1 rings (SSSR count). The molecule has 0 spiro atoms. The van der Waals surface area contributed by atoms with E-state index >= 15 is 0 Å². The van der Waals surface area contributed by atoms with Gasteiger partial charge in [0, 0.05) is 6.42 Å². The summed E-state index contributed by atoms with van der Waals surface area (Å²) in [5, 5.41) is 8.52. The average molecular weight is 336 g/mol. The first-order valence-corrected chi connectivity index (χ1v) is 9.47. The first-order chi connectivity index (χ1) is 11.5. The highest BCUT2D eigenvalue weighted by atomic mass is 19.1. The molecule has 0 saturated heterocycles. The van der Waals surface area contributed by atoms with Crippen molar-refractivity contribution in [2.24, 2.45) is 17.8 Å². The van der Waals surface area contributed by atoms with Crippen molar-refractivity contribution in [3.63, 3.8) is 0 Å². The summed E-state index contributed by atoms with van der Waals surface area (Å²) < 4.78 is 13.0. The molecule has 1 N–H and O–H groups in total. The van der Waals surface area contributed by atoms with Crippen LogP contribution in [0.4, 0.5) is 4.39 Å². The highest BCUT2D eigenvalue weighted by molar-refractivity contribution is 5.71. The molecule has 0 amide bonds. The Hall–Kier alpha value is -1.30. The second-order valence-corrected chi connectivity index (χ2v) is 7.20. The first-order valence-electron chi connectivity index (χ1n) is 9.47. The fourth-order valence-corrected chi connectivity index (χ4v) is 3.55. The summed E-state index contributed by atoms with van der Waals surface area (Å²) in [6, 6.07) is 0. The van der Waals surface area contributed by atoms with Crippen LogP contribution in [0.3, 0.4) is 0 Å². The Kier molecular flexibility index (Phi) is 10.5. The summed E-state index contributed by atoms with van der Waals surface area (Å²) in [6.45, 7) is 4.14. The van der Waals surface area contributed by atoms with Crippen LogP contribution in [0.2, 0.25) is 0 Å². The molecule has 4 atom stereocenters. The fraction of sp³-hybridized carbons (Fsp3) is 0.762. The Morgan fingerprint density at radius 1 is 1.33 bits per heavy atom. The number of carboxylic acids is 1. The molecule has 3 heteroatoms. The zero-order valence-electron chi connectivity index (χ0n) is 15.3. The number of alkyl halides is 1. The minimum atomic E-state index is -1.69. The van der Waals surface area contributed by atoms with Gasteiger partial charge in [0.2, 0.25) is 0 Å². The third-order valence-electron chi connectivity index (χ3n) is 5.07. The number of halogens is 1. The zero-order valence-corrected chi connectivity index (χ0v) is 15.3. The molecule has 2 nitrogen and oxygen atoms in total. The van der Waals surface area contributed by atoms with Crippen LogP contribution in [-0.2, 0) is 4.79 Å². The van der Waals surface area contributed by atoms with E-state index in [-0.39, 0.29) is 6.42 Å². The van der Waals surface area contributed by atoms with Crippen LogP contribution in [0.5, 0.6) is 0 Å². The molecule has 2 unspecified atom stereocenters. The molecular weight excluding hydrogens is 303 g/mol. The normalized spacial score (nSPS) is 23.0. The molecular formula is C21H33FO2. The average Bonchev–Trinajstić information content (AvgIpc) is 2.99. The number of allylic oxidation sites excluding steroid dienone is 2. The van der Waals surface area contributed by atoms with Crippen molar-refractivity contribution in [3.8, 4) is 11.8 Å². The minimum Gasteiger partial charge on any atom is -0.479 e. The monoisotopic (exact) mass is 336 g/mol. The van der Waals surface area contributed by atoms with E-state index in [1.165, 1.54) is 25.7 Å². The van der Waals surface area contributed by atoms with Crippen LogP contribution in [-0.4, -0.2) is 17.2 Å². The predicted molar refractivity (Wildman–Crippen MR) is 97.4 cm³/mol. The molecule has 1 saturated carbocycles. The molecule has 0 aromatic rings. The second kappa shape index (κ2) is 12.1. The lowest BCUT2D eigenvalue weighted by Crippen LogP contribution is -2.13. The van der Waals surface area contributed by atoms with E-state index in [2.05, 4.69) is 30.9 Å². The number of hydrogen-bond donors (Lipinski definition) is 1. The number of rotatable bonds is 11. The number of aliphatic carboxylic acids is 1. The van der Waals surface area contributed by atoms with Crippen molar-refractivity contribution >= 4 is 5.97 Å². The molecule has 1 fully saturated rings. The van der Waals surface area contributed by atoms with Gasteiger partial charge in [-0.15, -0.1) is 11.8 Å². The standard InChI is InChI=1S/C21H33FO2/c1-3-4-10-17(2)11-8-13-19-15-9-14-18(19)12-6-5-7-16-20(22)21(23)24/h8,13,17-20H,5-7,9-12,14-16H2,1-2H3,(H,23,24)/t17?,18-,19-,20?/m0/s1. The van der Waals surface area contributed by atoms with E-state index in [1.807, 2.05) is 6.92 Å². The van der Waals surface area contributed by atoms with Gasteiger partial charge < -0.3 is 5.11 Å². The quantitative estimate of drug-likeness (QED) is 0.295. The summed E-state index contributed by atoms with van der Waals surface area (Å²) in [7, 11) is 0. The number of carbonyl (C=O) groups is 1. The van der Waals surface area contributed by atoms with Crippen LogP contribution in [0.25, 0.3) is 0 Å². The van der Waals surface area contributed by atoms with E-state index in [0.717, 1.165) is 31.6 Å². The molecule has 136 valence electrons. The Labute approximate surface area is 146 Å². The van der Waals surface area contributed by atoms with Gasteiger partial charge in [-0.3, -0.25) is 0 Å². The lowest BCUT2D eigenvalue weighted by molar-refractivity contribution is -0.143. The SMILES string of the molecule is CC#CCC(C)CC=C[C@H]1CCC[C@@H]1CCCCCC(F)C(=O)O. The van der Waals surface area contributed by atoms with Crippen LogP contribution in [0.1, 0.15) is 78.1 Å². The third kappa shape index (κ3) is 8.52. The molecule has 0 bridgehead atoms. The van der Waals surface area contributed by atoms with Crippen molar-refractivity contribution in [2.45, 2.75) is 84.2 Å². The summed E-state index contributed by atoms with van der Waals surface area (Å²) in [4.78, 5) is 10.4. The van der Waals surface area contributed by atoms with Gasteiger partial charge in [0.05, 0.1) is 0 Å². The van der Waals surface area contributed by atoms with Gasteiger partial charge in [0.1, 0.15) is 0 Å². The van der Waals surface area contributed by atoms with Crippen LogP contribution < -0.4 is 0 Å². The number of unbranched alkanes of at least 4 members (excludes halogenated alkanes) is 2. The number of hydrogen-bond acceptors (Lipinski definition) is 1. The summed E-state index contributed by atoms with van der Waals surface area (Å²) in [6.07, 6.45) is 13.1. The molecule has 0 heterocycles. The van der Waals surface area contributed by atoms with Crippen molar-refractivity contribution in [1.29, 1.82) is 0 Å². The summed E-state index contributed by atoms with van der Waals surface area (Å²) in [5.41, 5.74) is 0. The first kappa shape index (κ1) is 20.7. The number of carboxylic acid groups (broad SMARTS) is 1. The predicted octanol–water partition coefficient (Wildman–Crippen LogP) is 5.77. The second-order valence-electron chi connectivity index (χ2n) is 7.20. The Morgan fingerprint density at radius 3 is 2.83 bits per heavy atom. The summed E-state index contributed by atoms with van der Waals surface area (Å²) >= 11 is 0. The Morgan fingerprint density at radius 2 is 2.12 bits per heavy atom. The zero-order chi connectivity index (χ0) is 17.8.